The van der Waals surface area contributed by atoms with E-state index in [4.69, 9.17) is 4.52 Å². The van der Waals surface area contributed by atoms with E-state index in [-0.39, 0.29) is 10.9 Å². The Kier molecular flexibility index (Phi) is 5.05. The molecule has 1 aromatic heterocycles. The standard InChI is InChI=1S/C15H19N3O4S/c1-10-14(11(2)22-18-10)9-17-15(19)16-8-12-4-6-13(7-5-12)23(3,20)21/h4-7H,8-9H2,1-3H3,(H2,16,17,19). The number of urea groups is 1. The maximum absolute atomic E-state index is 11.8. The lowest BCUT2D eigenvalue weighted by molar-refractivity contribution is 0.240. The highest BCUT2D eigenvalue weighted by atomic mass is 32.2. The van der Waals surface area contributed by atoms with Crippen molar-refractivity contribution >= 4 is 15.9 Å². The molecule has 0 atom stereocenters. The number of benzene rings is 1. The number of rotatable bonds is 5. The van der Waals surface area contributed by atoms with Crippen LogP contribution in [0.2, 0.25) is 0 Å². The highest BCUT2D eigenvalue weighted by Gasteiger charge is 2.10. The smallest absolute Gasteiger partial charge is 0.315 e. The summed E-state index contributed by atoms with van der Waals surface area (Å²) >= 11 is 0. The molecule has 0 fully saturated rings. The SMILES string of the molecule is Cc1noc(C)c1CNC(=O)NCc1ccc(S(C)(=O)=O)cc1. The van der Waals surface area contributed by atoms with Gasteiger partial charge in [-0.3, -0.25) is 0 Å². The lowest BCUT2D eigenvalue weighted by Gasteiger charge is -2.08. The van der Waals surface area contributed by atoms with Crippen molar-refractivity contribution in [3.63, 3.8) is 0 Å². The van der Waals surface area contributed by atoms with E-state index in [1.54, 1.807) is 19.1 Å². The summed E-state index contributed by atoms with van der Waals surface area (Å²) < 4.78 is 27.8. The second kappa shape index (κ2) is 6.82. The molecule has 0 aliphatic heterocycles. The van der Waals surface area contributed by atoms with Gasteiger partial charge in [0.15, 0.2) is 9.84 Å². The average molecular weight is 337 g/mol. The quantitative estimate of drug-likeness (QED) is 0.864. The van der Waals surface area contributed by atoms with Gasteiger partial charge in [0.1, 0.15) is 5.76 Å². The van der Waals surface area contributed by atoms with Crippen LogP contribution < -0.4 is 10.6 Å². The minimum atomic E-state index is -3.21. The van der Waals surface area contributed by atoms with Gasteiger partial charge < -0.3 is 15.2 Å². The molecule has 0 spiro atoms. The Balaban J connectivity index is 1.85. The van der Waals surface area contributed by atoms with Crippen molar-refractivity contribution in [2.45, 2.75) is 31.8 Å². The Hall–Kier alpha value is -2.35. The molecule has 0 aliphatic rings. The van der Waals surface area contributed by atoms with Gasteiger partial charge in [0.25, 0.3) is 0 Å². The predicted molar refractivity (Wildman–Crippen MR) is 84.6 cm³/mol. The molecule has 0 bridgehead atoms. The molecule has 1 aromatic carbocycles. The van der Waals surface area contributed by atoms with E-state index < -0.39 is 9.84 Å². The van der Waals surface area contributed by atoms with Crippen LogP contribution in [0.3, 0.4) is 0 Å². The average Bonchev–Trinajstić information content (AvgIpc) is 2.81. The highest BCUT2D eigenvalue weighted by molar-refractivity contribution is 7.90. The first-order chi connectivity index (χ1) is 10.8. The van der Waals surface area contributed by atoms with Crippen molar-refractivity contribution in [1.82, 2.24) is 15.8 Å². The maximum Gasteiger partial charge on any atom is 0.315 e. The van der Waals surface area contributed by atoms with Crippen LogP contribution in [0.1, 0.15) is 22.6 Å². The number of amides is 2. The van der Waals surface area contributed by atoms with Crippen LogP contribution in [0.5, 0.6) is 0 Å². The van der Waals surface area contributed by atoms with Crippen molar-refractivity contribution in [3.05, 3.63) is 46.8 Å². The van der Waals surface area contributed by atoms with Gasteiger partial charge in [-0.2, -0.15) is 0 Å². The summed E-state index contributed by atoms with van der Waals surface area (Å²) in [6, 6.07) is 6.06. The van der Waals surface area contributed by atoms with Crippen LogP contribution in [0, 0.1) is 13.8 Å². The molecule has 0 saturated heterocycles. The second-order valence-corrected chi connectivity index (χ2v) is 7.27. The van der Waals surface area contributed by atoms with Crippen molar-refractivity contribution in [1.29, 1.82) is 0 Å². The molecule has 2 N–H and O–H groups in total. The number of aryl methyl sites for hydroxylation is 2. The number of nitrogens with one attached hydrogen (secondary N) is 2. The van der Waals surface area contributed by atoms with Crippen LogP contribution in [-0.2, 0) is 22.9 Å². The summed E-state index contributed by atoms with van der Waals surface area (Å²) in [4.78, 5) is 12.0. The van der Waals surface area contributed by atoms with Gasteiger partial charge >= 0.3 is 6.03 Å². The minimum Gasteiger partial charge on any atom is -0.361 e. The molecule has 0 saturated carbocycles. The molecule has 7 nitrogen and oxygen atoms in total. The molecule has 8 heteroatoms. The summed E-state index contributed by atoms with van der Waals surface area (Å²) in [7, 11) is -3.21. The van der Waals surface area contributed by atoms with Crippen molar-refractivity contribution in [3.8, 4) is 0 Å². The van der Waals surface area contributed by atoms with Gasteiger partial charge in [-0.1, -0.05) is 17.3 Å². The lowest BCUT2D eigenvalue weighted by Crippen LogP contribution is -2.34. The molecule has 124 valence electrons. The highest BCUT2D eigenvalue weighted by Crippen LogP contribution is 2.12. The Morgan fingerprint density at radius 2 is 1.74 bits per heavy atom. The molecule has 0 aliphatic carbocycles. The van der Waals surface area contributed by atoms with E-state index in [1.807, 2.05) is 6.92 Å². The number of nitrogens with zero attached hydrogens (tertiary/aromatic N) is 1. The maximum atomic E-state index is 11.8. The summed E-state index contributed by atoms with van der Waals surface area (Å²) in [6.07, 6.45) is 1.16. The fourth-order valence-corrected chi connectivity index (χ4v) is 2.65. The molecule has 2 aromatic rings. The number of hydrogen-bond donors (Lipinski definition) is 2. The van der Waals surface area contributed by atoms with Crippen molar-refractivity contribution < 1.29 is 17.7 Å². The zero-order chi connectivity index (χ0) is 17.0. The molecular formula is C15H19N3O4S. The Morgan fingerprint density at radius 3 is 2.26 bits per heavy atom. The summed E-state index contributed by atoms with van der Waals surface area (Å²) in [5, 5.41) is 9.25. The van der Waals surface area contributed by atoms with Crippen LogP contribution >= 0.6 is 0 Å². The summed E-state index contributed by atoms with van der Waals surface area (Å²) in [5.74, 6) is 0.680. The fourth-order valence-electron chi connectivity index (χ4n) is 2.02. The number of hydrogen-bond acceptors (Lipinski definition) is 5. The third-order valence-electron chi connectivity index (χ3n) is 3.41. The van der Waals surface area contributed by atoms with Crippen molar-refractivity contribution in [2.75, 3.05) is 6.26 Å². The van der Waals surface area contributed by atoms with Crippen LogP contribution in [0.4, 0.5) is 4.79 Å². The molecular weight excluding hydrogens is 318 g/mol. The van der Waals surface area contributed by atoms with Gasteiger partial charge in [-0.15, -0.1) is 0 Å². The van der Waals surface area contributed by atoms with E-state index in [1.165, 1.54) is 12.1 Å². The first-order valence-corrected chi connectivity index (χ1v) is 8.89. The van der Waals surface area contributed by atoms with Gasteiger partial charge in [-0.05, 0) is 31.5 Å². The Bertz CT molecular complexity index is 775. The number of carbonyl (C=O) groups excluding carboxylic acids is 1. The van der Waals surface area contributed by atoms with Gasteiger partial charge in [0.2, 0.25) is 0 Å². The first-order valence-electron chi connectivity index (χ1n) is 7.00. The topological polar surface area (TPSA) is 101 Å². The number of sulfone groups is 1. The zero-order valence-electron chi connectivity index (χ0n) is 13.2. The summed E-state index contributed by atoms with van der Waals surface area (Å²) in [5.41, 5.74) is 2.42. The normalized spacial score (nSPS) is 11.3. The Labute approximate surface area is 135 Å². The fraction of sp³-hybridized carbons (Fsp3) is 0.333. The van der Waals surface area contributed by atoms with Crippen LogP contribution in [-0.4, -0.2) is 25.9 Å². The second-order valence-electron chi connectivity index (χ2n) is 5.26. The van der Waals surface area contributed by atoms with Gasteiger partial charge in [0.05, 0.1) is 10.6 Å². The van der Waals surface area contributed by atoms with E-state index in [2.05, 4.69) is 15.8 Å². The van der Waals surface area contributed by atoms with Crippen LogP contribution in [0.25, 0.3) is 0 Å². The van der Waals surface area contributed by atoms with Crippen molar-refractivity contribution in [2.24, 2.45) is 0 Å². The lowest BCUT2D eigenvalue weighted by atomic mass is 10.2. The number of aromatic nitrogens is 1. The molecule has 2 amide bonds. The molecule has 1 heterocycles. The number of carbonyl (C=O) groups is 1. The van der Waals surface area contributed by atoms with E-state index >= 15 is 0 Å². The largest absolute Gasteiger partial charge is 0.361 e. The van der Waals surface area contributed by atoms with E-state index in [9.17, 15) is 13.2 Å². The third kappa shape index (κ3) is 4.56. The molecule has 2 rings (SSSR count). The Morgan fingerprint density at radius 1 is 1.13 bits per heavy atom. The predicted octanol–water partition coefficient (Wildman–Crippen LogP) is 1.69. The molecule has 23 heavy (non-hydrogen) atoms. The monoisotopic (exact) mass is 337 g/mol. The third-order valence-corrected chi connectivity index (χ3v) is 4.54. The molecule has 0 radical (unpaired) electrons. The zero-order valence-corrected chi connectivity index (χ0v) is 14.0. The van der Waals surface area contributed by atoms with E-state index in [0.29, 0.717) is 18.8 Å². The van der Waals surface area contributed by atoms with Gasteiger partial charge in [0, 0.05) is 24.9 Å². The minimum absolute atomic E-state index is 0.254. The molecule has 0 unspecified atom stereocenters. The van der Waals surface area contributed by atoms with Gasteiger partial charge in [-0.25, -0.2) is 13.2 Å². The summed E-state index contributed by atoms with van der Waals surface area (Å²) in [6.45, 7) is 4.24. The van der Waals surface area contributed by atoms with Crippen LogP contribution in [0.15, 0.2) is 33.7 Å². The first kappa shape index (κ1) is 17.0. The van der Waals surface area contributed by atoms with E-state index in [0.717, 1.165) is 23.1 Å².